The van der Waals surface area contributed by atoms with Crippen LogP contribution < -0.4 is 5.32 Å². The highest BCUT2D eigenvalue weighted by Crippen LogP contribution is 2.16. The molecule has 1 amide bonds. The molecule has 1 N–H and O–H groups in total. The molecule has 1 aromatic heterocycles. The number of imidazole rings is 1. The van der Waals surface area contributed by atoms with E-state index in [0.717, 1.165) is 17.1 Å². The van der Waals surface area contributed by atoms with Gasteiger partial charge in [0.05, 0.1) is 24.3 Å². The number of rotatable bonds is 6. The highest BCUT2D eigenvalue weighted by Gasteiger charge is 2.12. The van der Waals surface area contributed by atoms with Crippen molar-refractivity contribution in [3.8, 4) is 5.69 Å². The Morgan fingerprint density at radius 3 is 2.71 bits per heavy atom. The van der Waals surface area contributed by atoms with Crippen LogP contribution in [0.2, 0.25) is 0 Å². The van der Waals surface area contributed by atoms with Gasteiger partial charge in [-0.2, -0.15) is 0 Å². The number of benzene rings is 1. The lowest BCUT2D eigenvalue weighted by molar-refractivity contribution is -0.117. The second kappa shape index (κ2) is 6.70. The number of nitrogens with zero attached hydrogens (tertiary/aromatic N) is 2. The summed E-state index contributed by atoms with van der Waals surface area (Å²) < 4.78 is 2.02. The quantitative estimate of drug-likeness (QED) is 0.654. The molecule has 108 valence electrons. The maximum absolute atomic E-state index is 11.6. The number of nitrogens with one attached hydrogen (secondary N) is 1. The van der Waals surface area contributed by atoms with Gasteiger partial charge in [-0.05, 0) is 19.1 Å². The van der Waals surface area contributed by atoms with Crippen molar-refractivity contribution >= 4 is 5.91 Å². The lowest BCUT2D eigenvalue weighted by Crippen LogP contribution is -2.23. The van der Waals surface area contributed by atoms with Crippen molar-refractivity contribution in [2.24, 2.45) is 0 Å². The molecule has 4 heteroatoms. The third-order valence-corrected chi connectivity index (χ3v) is 3.13. The zero-order valence-corrected chi connectivity index (χ0v) is 12.2. The van der Waals surface area contributed by atoms with E-state index in [1.54, 1.807) is 13.3 Å². The van der Waals surface area contributed by atoms with Crippen LogP contribution in [0.3, 0.4) is 0 Å². The summed E-state index contributed by atoms with van der Waals surface area (Å²) in [5.74, 6) is -0.159. The number of hydrogen-bond acceptors (Lipinski definition) is 2. The third kappa shape index (κ3) is 3.48. The van der Waals surface area contributed by atoms with E-state index in [9.17, 15) is 4.79 Å². The molecule has 1 aromatic carbocycles. The van der Waals surface area contributed by atoms with E-state index in [4.69, 9.17) is 0 Å². The van der Waals surface area contributed by atoms with Crippen molar-refractivity contribution in [3.05, 3.63) is 72.9 Å². The van der Waals surface area contributed by atoms with Crippen molar-refractivity contribution in [2.75, 3.05) is 0 Å². The molecule has 0 atom stereocenters. The molecule has 2 aromatic rings. The van der Waals surface area contributed by atoms with Gasteiger partial charge in [0, 0.05) is 17.7 Å². The Hall–Kier alpha value is -2.62. The third-order valence-electron chi connectivity index (χ3n) is 3.13. The number of amides is 1. The van der Waals surface area contributed by atoms with Crippen molar-refractivity contribution in [1.82, 2.24) is 14.9 Å². The van der Waals surface area contributed by atoms with E-state index < -0.39 is 0 Å². The summed E-state index contributed by atoms with van der Waals surface area (Å²) in [5, 5.41) is 2.81. The van der Waals surface area contributed by atoms with Crippen molar-refractivity contribution in [2.45, 2.75) is 19.9 Å². The van der Waals surface area contributed by atoms with E-state index in [0.29, 0.717) is 18.5 Å². The van der Waals surface area contributed by atoms with Crippen molar-refractivity contribution in [1.29, 1.82) is 0 Å². The topological polar surface area (TPSA) is 46.9 Å². The second-order valence-electron chi connectivity index (χ2n) is 4.80. The van der Waals surface area contributed by atoms with Gasteiger partial charge < -0.3 is 9.88 Å². The first-order valence-corrected chi connectivity index (χ1v) is 6.78. The molecule has 0 spiro atoms. The number of allylic oxidation sites excluding steroid dienone is 1. The monoisotopic (exact) mass is 281 g/mol. The standard InChI is InChI=1S/C17H19N3O/c1-4-8-16-15(11-18-17(21)13(2)3)19-12-20(16)14-9-6-5-7-10-14/h4-7,9-10,12H,1-2,8,11H2,3H3,(H,18,21). The fraction of sp³-hybridized carbons (Fsp3) is 0.176. The Balaban J connectivity index is 2.27. The second-order valence-corrected chi connectivity index (χ2v) is 4.80. The first kappa shape index (κ1) is 14.8. The molecular formula is C17H19N3O. The predicted molar refractivity (Wildman–Crippen MR) is 84.1 cm³/mol. The van der Waals surface area contributed by atoms with Crippen LogP contribution in [0.5, 0.6) is 0 Å². The van der Waals surface area contributed by atoms with Gasteiger partial charge in [-0.3, -0.25) is 4.79 Å². The smallest absolute Gasteiger partial charge is 0.246 e. The summed E-state index contributed by atoms with van der Waals surface area (Å²) in [6, 6.07) is 9.97. The van der Waals surface area contributed by atoms with Gasteiger partial charge in [0.2, 0.25) is 5.91 Å². The molecule has 0 bridgehead atoms. The Kier molecular flexibility index (Phi) is 4.72. The number of carbonyl (C=O) groups excluding carboxylic acids is 1. The van der Waals surface area contributed by atoms with Gasteiger partial charge in [-0.15, -0.1) is 6.58 Å². The summed E-state index contributed by atoms with van der Waals surface area (Å²) in [7, 11) is 0. The zero-order chi connectivity index (χ0) is 15.2. The Bertz CT molecular complexity index is 656. The zero-order valence-electron chi connectivity index (χ0n) is 12.2. The predicted octanol–water partition coefficient (Wildman–Crippen LogP) is 2.79. The number of carbonyl (C=O) groups is 1. The highest BCUT2D eigenvalue weighted by atomic mass is 16.1. The van der Waals surface area contributed by atoms with Gasteiger partial charge in [0.15, 0.2) is 0 Å². The minimum atomic E-state index is -0.159. The molecule has 4 nitrogen and oxygen atoms in total. The summed E-state index contributed by atoms with van der Waals surface area (Å²) in [6.45, 7) is 9.48. The summed E-state index contributed by atoms with van der Waals surface area (Å²) in [6.07, 6.45) is 4.30. The maximum Gasteiger partial charge on any atom is 0.246 e. The maximum atomic E-state index is 11.6. The van der Waals surface area contributed by atoms with Gasteiger partial charge in [-0.25, -0.2) is 4.98 Å². The van der Waals surface area contributed by atoms with E-state index >= 15 is 0 Å². The molecule has 0 aliphatic carbocycles. The fourth-order valence-electron chi connectivity index (χ4n) is 2.04. The highest BCUT2D eigenvalue weighted by molar-refractivity contribution is 5.91. The van der Waals surface area contributed by atoms with Gasteiger partial charge in [-0.1, -0.05) is 30.9 Å². The molecule has 0 radical (unpaired) electrons. The number of para-hydroxylation sites is 1. The average molecular weight is 281 g/mol. The van der Waals surface area contributed by atoms with Crippen LogP contribution >= 0.6 is 0 Å². The van der Waals surface area contributed by atoms with E-state index in [1.165, 1.54) is 0 Å². The molecule has 1 heterocycles. The Labute approximate surface area is 124 Å². The minimum absolute atomic E-state index is 0.159. The molecule has 0 aliphatic rings. The largest absolute Gasteiger partial charge is 0.347 e. The lowest BCUT2D eigenvalue weighted by atomic mass is 10.2. The molecule has 0 unspecified atom stereocenters. The van der Waals surface area contributed by atoms with Gasteiger partial charge >= 0.3 is 0 Å². The van der Waals surface area contributed by atoms with Crippen molar-refractivity contribution in [3.63, 3.8) is 0 Å². The molecule has 2 rings (SSSR count). The number of aromatic nitrogens is 2. The van der Waals surface area contributed by atoms with Crippen LogP contribution in [-0.4, -0.2) is 15.5 Å². The van der Waals surface area contributed by atoms with Crippen LogP contribution in [0.25, 0.3) is 5.69 Å². The molecule has 0 aliphatic heterocycles. The summed E-state index contributed by atoms with van der Waals surface area (Å²) >= 11 is 0. The summed E-state index contributed by atoms with van der Waals surface area (Å²) in [4.78, 5) is 16.0. The SMILES string of the molecule is C=CCc1c(CNC(=O)C(=C)C)ncn1-c1ccccc1. The molecule has 0 saturated carbocycles. The molecule has 21 heavy (non-hydrogen) atoms. The normalized spacial score (nSPS) is 10.1. The summed E-state index contributed by atoms with van der Waals surface area (Å²) in [5.41, 5.74) is 3.40. The van der Waals surface area contributed by atoms with Crippen LogP contribution in [0.15, 0.2) is 61.5 Å². The van der Waals surface area contributed by atoms with E-state index in [-0.39, 0.29) is 5.91 Å². The van der Waals surface area contributed by atoms with E-state index in [1.807, 2.05) is 41.0 Å². The van der Waals surface area contributed by atoms with Crippen LogP contribution in [0.4, 0.5) is 0 Å². The van der Waals surface area contributed by atoms with Crippen LogP contribution in [-0.2, 0) is 17.8 Å². The Morgan fingerprint density at radius 1 is 1.38 bits per heavy atom. The Morgan fingerprint density at radius 2 is 2.10 bits per heavy atom. The minimum Gasteiger partial charge on any atom is -0.347 e. The van der Waals surface area contributed by atoms with Gasteiger partial charge in [0.1, 0.15) is 0 Å². The van der Waals surface area contributed by atoms with Crippen molar-refractivity contribution < 1.29 is 4.79 Å². The first-order chi connectivity index (χ1) is 10.1. The molecular weight excluding hydrogens is 262 g/mol. The average Bonchev–Trinajstić information content (AvgIpc) is 2.89. The van der Waals surface area contributed by atoms with Crippen LogP contribution in [0, 0.1) is 0 Å². The number of hydrogen-bond donors (Lipinski definition) is 1. The molecule has 0 saturated heterocycles. The van der Waals surface area contributed by atoms with Gasteiger partial charge in [0.25, 0.3) is 0 Å². The van der Waals surface area contributed by atoms with E-state index in [2.05, 4.69) is 23.5 Å². The van der Waals surface area contributed by atoms with Crippen LogP contribution in [0.1, 0.15) is 18.3 Å². The fourth-order valence-corrected chi connectivity index (χ4v) is 2.04. The lowest BCUT2D eigenvalue weighted by Gasteiger charge is -2.09. The molecule has 0 fully saturated rings. The first-order valence-electron chi connectivity index (χ1n) is 6.78.